The summed E-state index contributed by atoms with van der Waals surface area (Å²) in [6, 6.07) is 13.7. The molecule has 2 aromatic rings. The van der Waals surface area contributed by atoms with E-state index in [0.29, 0.717) is 28.3 Å². The average Bonchev–Trinajstić information content (AvgIpc) is 2.54. The maximum atomic E-state index is 12.4. The number of carbonyl (C=O) groups is 1. The van der Waals surface area contributed by atoms with Crippen molar-refractivity contribution in [2.45, 2.75) is 0 Å². The third-order valence-corrected chi connectivity index (χ3v) is 2.93. The lowest BCUT2D eigenvalue weighted by Crippen LogP contribution is -2.14. The van der Waals surface area contributed by atoms with E-state index in [4.69, 9.17) is 14.7 Å². The zero-order valence-corrected chi connectivity index (χ0v) is 11.7. The molecule has 1 amide bonds. The summed E-state index contributed by atoms with van der Waals surface area (Å²) < 4.78 is 10.4. The molecule has 0 unspecified atom stereocenters. The first-order chi connectivity index (χ1) is 10.2. The summed E-state index contributed by atoms with van der Waals surface area (Å²) in [4.78, 5) is 12.4. The van der Waals surface area contributed by atoms with Crippen LogP contribution in [-0.2, 0) is 0 Å². The number of hydrogen-bond donors (Lipinski definition) is 1. The van der Waals surface area contributed by atoms with Crippen LogP contribution in [0.4, 0.5) is 5.69 Å². The van der Waals surface area contributed by atoms with Crippen LogP contribution in [0.5, 0.6) is 11.5 Å². The molecule has 0 atom stereocenters. The van der Waals surface area contributed by atoms with Crippen molar-refractivity contribution in [2.75, 3.05) is 19.5 Å². The molecule has 0 saturated carbocycles. The van der Waals surface area contributed by atoms with Crippen molar-refractivity contribution in [2.24, 2.45) is 0 Å². The largest absolute Gasteiger partial charge is 0.496 e. The fraction of sp³-hybridized carbons (Fsp3) is 0.125. The van der Waals surface area contributed by atoms with Gasteiger partial charge in [-0.25, -0.2) is 0 Å². The summed E-state index contributed by atoms with van der Waals surface area (Å²) in [5.41, 5.74) is 1.45. The molecule has 2 aromatic carbocycles. The van der Waals surface area contributed by atoms with Crippen LogP contribution in [0.25, 0.3) is 0 Å². The Labute approximate surface area is 122 Å². The maximum absolute atomic E-state index is 12.4. The van der Waals surface area contributed by atoms with Gasteiger partial charge in [0.15, 0.2) is 0 Å². The van der Waals surface area contributed by atoms with Crippen LogP contribution in [0, 0.1) is 11.3 Å². The minimum absolute atomic E-state index is 0.326. The quantitative estimate of drug-likeness (QED) is 0.936. The lowest BCUT2D eigenvalue weighted by molar-refractivity contribution is 0.102. The molecule has 0 bridgehead atoms. The normalized spacial score (nSPS) is 9.57. The van der Waals surface area contributed by atoms with E-state index in [2.05, 4.69) is 5.32 Å². The van der Waals surface area contributed by atoms with Crippen molar-refractivity contribution >= 4 is 11.6 Å². The minimum Gasteiger partial charge on any atom is -0.496 e. The van der Waals surface area contributed by atoms with E-state index in [1.807, 2.05) is 6.07 Å². The third kappa shape index (κ3) is 3.12. The number of methoxy groups -OCH3 is 2. The Bertz CT molecular complexity index is 665. The van der Waals surface area contributed by atoms with Gasteiger partial charge in [-0.1, -0.05) is 6.07 Å². The SMILES string of the molecule is COc1cccc(OC)c1C(=O)Nc1ccc(C#N)cc1. The Morgan fingerprint density at radius 3 is 2.10 bits per heavy atom. The molecule has 0 saturated heterocycles. The van der Waals surface area contributed by atoms with Gasteiger partial charge < -0.3 is 14.8 Å². The molecule has 2 rings (SSSR count). The Hall–Kier alpha value is -3.00. The molecular formula is C16H14N2O3. The van der Waals surface area contributed by atoms with Gasteiger partial charge in [-0.3, -0.25) is 4.79 Å². The minimum atomic E-state index is -0.339. The number of rotatable bonds is 4. The predicted molar refractivity (Wildman–Crippen MR) is 78.7 cm³/mol. The summed E-state index contributed by atoms with van der Waals surface area (Å²) >= 11 is 0. The van der Waals surface area contributed by atoms with Gasteiger partial charge >= 0.3 is 0 Å². The van der Waals surface area contributed by atoms with Gasteiger partial charge in [0, 0.05) is 5.69 Å². The van der Waals surface area contributed by atoms with E-state index < -0.39 is 0 Å². The molecule has 5 nitrogen and oxygen atoms in total. The first kappa shape index (κ1) is 14.4. The Morgan fingerprint density at radius 1 is 1.05 bits per heavy atom. The molecule has 21 heavy (non-hydrogen) atoms. The molecule has 106 valence electrons. The lowest BCUT2D eigenvalue weighted by Gasteiger charge is -2.13. The number of nitrogens with zero attached hydrogens (tertiary/aromatic N) is 1. The number of benzene rings is 2. The van der Waals surface area contributed by atoms with E-state index in [1.54, 1.807) is 42.5 Å². The number of nitriles is 1. The van der Waals surface area contributed by atoms with Crippen LogP contribution in [-0.4, -0.2) is 20.1 Å². The summed E-state index contributed by atoms with van der Waals surface area (Å²) in [5, 5.41) is 11.5. The molecule has 0 aliphatic carbocycles. The molecule has 0 aliphatic heterocycles. The van der Waals surface area contributed by atoms with Crippen LogP contribution in [0.3, 0.4) is 0 Å². The third-order valence-electron chi connectivity index (χ3n) is 2.93. The number of carbonyl (C=O) groups excluding carboxylic acids is 1. The van der Waals surface area contributed by atoms with E-state index in [0.717, 1.165) is 0 Å². The summed E-state index contributed by atoms with van der Waals surface area (Å²) in [6.45, 7) is 0. The molecule has 0 fully saturated rings. The zero-order valence-electron chi connectivity index (χ0n) is 11.7. The van der Waals surface area contributed by atoms with Gasteiger partial charge in [0.1, 0.15) is 17.1 Å². The van der Waals surface area contributed by atoms with Crippen molar-refractivity contribution < 1.29 is 14.3 Å². The highest BCUT2D eigenvalue weighted by atomic mass is 16.5. The van der Waals surface area contributed by atoms with Crippen LogP contribution in [0.2, 0.25) is 0 Å². The first-order valence-corrected chi connectivity index (χ1v) is 6.22. The standard InChI is InChI=1S/C16H14N2O3/c1-20-13-4-3-5-14(21-2)15(13)16(19)18-12-8-6-11(10-17)7-9-12/h3-9H,1-2H3,(H,18,19). The number of hydrogen-bond acceptors (Lipinski definition) is 4. The highest BCUT2D eigenvalue weighted by molar-refractivity contribution is 6.08. The van der Waals surface area contributed by atoms with Crippen molar-refractivity contribution in [1.29, 1.82) is 5.26 Å². The fourth-order valence-electron chi connectivity index (χ4n) is 1.90. The smallest absolute Gasteiger partial charge is 0.263 e. The molecule has 0 heterocycles. The van der Waals surface area contributed by atoms with Gasteiger partial charge in [0.2, 0.25) is 0 Å². The Balaban J connectivity index is 2.29. The Kier molecular flexibility index (Phi) is 4.42. The number of anilines is 1. The predicted octanol–water partition coefficient (Wildman–Crippen LogP) is 2.83. The van der Waals surface area contributed by atoms with E-state index in [-0.39, 0.29) is 5.91 Å². The molecule has 0 aromatic heterocycles. The van der Waals surface area contributed by atoms with E-state index in [1.165, 1.54) is 14.2 Å². The van der Waals surface area contributed by atoms with Crippen LogP contribution < -0.4 is 14.8 Å². The average molecular weight is 282 g/mol. The molecular weight excluding hydrogens is 268 g/mol. The van der Waals surface area contributed by atoms with Crippen LogP contribution in [0.15, 0.2) is 42.5 Å². The highest BCUT2D eigenvalue weighted by Gasteiger charge is 2.18. The van der Waals surface area contributed by atoms with E-state index in [9.17, 15) is 4.79 Å². The van der Waals surface area contributed by atoms with Gasteiger partial charge in [-0.05, 0) is 36.4 Å². The van der Waals surface area contributed by atoms with E-state index >= 15 is 0 Å². The van der Waals surface area contributed by atoms with Gasteiger partial charge in [-0.2, -0.15) is 5.26 Å². The fourth-order valence-corrected chi connectivity index (χ4v) is 1.90. The number of amides is 1. The molecule has 5 heteroatoms. The first-order valence-electron chi connectivity index (χ1n) is 6.22. The Morgan fingerprint density at radius 2 is 1.62 bits per heavy atom. The van der Waals surface area contributed by atoms with Gasteiger partial charge in [0.05, 0.1) is 25.9 Å². The molecule has 0 aliphatic rings. The van der Waals surface area contributed by atoms with Crippen molar-refractivity contribution in [3.63, 3.8) is 0 Å². The monoisotopic (exact) mass is 282 g/mol. The van der Waals surface area contributed by atoms with Gasteiger partial charge in [0.25, 0.3) is 5.91 Å². The van der Waals surface area contributed by atoms with Crippen molar-refractivity contribution in [3.05, 3.63) is 53.6 Å². The topological polar surface area (TPSA) is 71.3 Å². The zero-order chi connectivity index (χ0) is 15.2. The molecule has 0 radical (unpaired) electrons. The summed E-state index contributed by atoms with van der Waals surface area (Å²) in [6.07, 6.45) is 0. The second kappa shape index (κ2) is 6.44. The second-order valence-electron chi connectivity index (χ2n) is 4.18. The van der Waals surface area contributed by atoms with Gasteiger partial charge in [-0.15, -0.1) is 0 Å². The van der Waals surface area contributed by atoms with Crippen LogP contribution in [0.1, 0.15) is 15.9 Å². The summed E-state index contributed by atoms with van der Waals surface area (Å²) in [7, 11) is 2.99. The highest BCUT2D eigenvalue weighted by Crippen LogP contribution is 2.29. The van der Waals surface area contributed by atoms with Crippen molar-refractivity contribution in [1.82, 2.24) is 0 Å². The number of ether oxygens (including phenoxy) is 2. The molecule has 0 spiro atoms. The second-order valence-corrected chi connectivity index (χ2v) is 4.18. The maximum Gasteiger partial charge on any atom is 0.263 e. The number of nitrogens with one attached hydrogen (secondary N) is 1. The van der Waals surface area contributed by atoms with Crippen LogP contribution >= 0.6 is 0 Å². The summed E-state index contributed by atoms with van der Waals surface area (Å²) in [5.74, 6) is 0.523. The molecule has 1 N–H and O–H groups in total. The lowest BCUT2D eigenvalue weighted by atomic mass is 10.1. The van der Waals surface area contributed by atoms with Crippen molar-refractivity contribution in [3.8, 4) is 17.6 Å².